The molecule has 1 aromatic heterocycles. The molecule has 69 heavy (non-hydrogen) atoms. The maximum atomic E-state index is 12.4. The molecule has 0 amide bonds. The number of nitrogens with zero attached hydrogens (tertiary/aromatic N) is 1. The lowest BCUT2D eigenvalue weighted by Gasteiger charge is -2.28. The molecular weight excluding hydrogens is 903 g/mol. The van der Waals surface area contributed by atoms with Gasteiger partial charge in [0.1, 0.15) is 11.5 Å². The van der Waals surface area contributed by atoms with Crippen LogP contribution >= 0.6 is 11.3 Å². The van der Waals surface area contributed by atoms with Crippen molar-refractivity contribution in [3.8, 4) is 11.5 Å². The maximum Gasteiger partial charge on any atom is 0.330 e. The Hall–Kier alpha value is -6.03. The molecule has 3 aromatic rings. The van der Waals surface area contributed by atoms with Crippen LogP contribution in [0, 0.1) is 29.1 Å². The van der Waals surface area contributed by atoms with E-state index in [1.54, 1.807) is 11.3 Å². The Balaban J connectivity index is 0.000000409. The lowest BCUT2D eigenvalue weighted by atomic mass is 9.82. The third-order valence-electron chi connectivity index (χ3n) is 11.9. The third kappa shape index (κ3) is 21.9. The molecule has 1 heterocycles. The van der Waals surface area contributed by atoms with Crippen LogP contribution in [-0.4, -0.2) is 93.8 Å². The van der Waals surface area contributed by atoms with E-state index in [4.69, 9.17) is 38.6 Å². The van der Waals surface area contributed by atoms with Gasteiger partial charge in [-0.3, -0.25) is 9.59 Å². The second-order valence-electron chi connectivity index (χ2n) is 17.1. The first-order valence-corrected chi connectivity index (χ1v) is 25.1. The number of hydrogen-bond acceptors (Lipinski definition) is 16. The number of thiazole rings is 1. The van der Waals surface area contributed by atoms with Gasteiger partial charge in [0.05, 0.1) is 68.3 Å². The molecule has 5 rings (SSSR count). The molecule has 0 spiro atoms. The van der Waals surface area contributed by atoms with Gasteiger partial charge in [-0.1, -0.05) is 49.6 Å². The Morgan fingerprint density at radius 2 is 1.09 bits per heavy atom. The summed E-state index contributed by atoms with van der Waals surface area (Å²) in [5.41, 5.74) is 1.70. The normalized spacial score (nSPS) is 17.4. The quantitative estimate of drug-likeness (QED) is 0.0210. The van der Waals surface area contributed by atoms with Crippen LogP contribution in [0.5, 0.6) is 11.5 Å². The number of rotatable bonds is 30. The second kappa shape index (κ2) is 32.7. The predicted molar refractivity (Wildman–Crippen MR) is 267 cm³/mol. The minimum atomic E-state index is -0.450. The first-order valence-electron chi connectivity index (χ1n) is 24.3. The van der Waals surface area contributed by atoms with Crippen LogP contribution in [0.15, 0.2) is 80.4 Å². The van der Waals surface area contributed by atoms with Crippen LogP contribution in [0.4, 0.5) is 5.13 Å². The number of carbonyl (C=O) groups excluding carboxylic acids is 5. The van der Waals surface area contributed by atoms with Gasteiger partial charge in [0.15, 0.2) is 5.13 Å². The smallest absolute Gasteiger partial charge is 0.330 e. The molecule has 0 saturated heterocycles. The summed E-state index contributed by atoms with van der Waals surface area (Å²) in [6.07, 6.45) is 18.0. The summed E-state index contributed by atoms with van der Waals surface area (Å²) in [4.78, 5) is 62.3. The van der Waals surface area contributed by atoms with E-state index in [-0.39, 0.29) is 43.0 Å². The van der Waals surface area contributed by atoms with Crippen LogP contribution in [-0.2, 0) is 47.7 Å². The third-order valence-corrected chi connectivity index (χ3v) is 12.9. The van der Waals surface area contributed by atoms with Crippen molar-refractivity contribution in [1.29, 1.82) is 5.41 Å². The van der Waals surface area contributed by atoms with E-state index in [0.29, 0.717) is 87.6 Å². The summed E-state index contributed by atoms with van der Waals surface area (Å²) < 4.78 is 39.0. The minimum absolute atomic E-state index is 0.0945. The van der Waals surface area contributed by atoms with Crippen molar-refractivity contribution in [3.05, 3.63) is 86.0 Å². The zero-order valence-electron chi connectivity index (χ0n) is 40.0. The first-order chi connectivity index (χ1) is 33.6. The molecule has 0 atom stereocenters. The Kier molecular flexibility index (Phi) is 26.3. The fraction of sp³-hybridized carbons (Fsp3) is 0.528. The molecule has 2 aromatic carbocycles. The maximum absolute atomic E-state index is 12.4. The average molecular weight is 974 g/mol. The molecule has 2 N–H and O–H groups in total. The highest BCUT2D eigenvalue weighted by Crippen LogP contribution is 2.33. The summed E-state index contributed by atoms with van der Waals surface area (Å²) in [7, 11) is 0. The lowest BCUT2D eigenvalue weighted by Crippen LogP contribution is -2.26. The number of para-hydroxylation sites is 1. The van der Waals surface area contributed by atoms with Crippen LogP contribution in [0.1, 0.15) is 108 Å². The van der Waals surface area contributed by atoms with Crippen LogP contribution in [0.2, 0.25) is 0 Å². The van der Waals surface area contributed by atoms with Gasteiger partial charge in [0.2, 0.25) is 0 Å². The lowest BCUT2D eigenvalue weighted by molar-refractivity contribution is -0.151. The Labute approximate surface area is 410 Å². The van der Waals surface area contributed by atoms with Gasteiger partial charge in [-0.2, -0.15) is 0 Å². The van der Waals surface area contributed by atoms with E-state index in [1.165, 1.54) is 17.0 Å². The Bertz CT molecular complexity index is 2060. The van der Waals surface area contributed by atoms with Crippen molar-refractivity contribution >= 4 is 62.7 Å². The van der Waals surface area contributed by atoms with Gasteiger partial charge >= 0.3 is 29.8 Å². The van der Waals surface area contributed by atoms with E-state index in [1.807, 2.05) is 36.4 Å². The fourth-order valence-corrected chi connectivity index (χ4v) is 8.71. The number of unbranched alkanes of at least 4 members (excludes halogenated alkanes) is 5. The van der Waals surface area contributed by atoms with Crippen molar-refractivity contribution < 1.29 is 57.1 Å². The van der Waals surface area contributed by atoms with Crippen LogP contribution in [0.25, 0.3) is 10.2 Å². The van der Waals surface area contributed by atoms with E-state index in [2.05, 4.69) is 36.1 Å². The first kappa shape index (κ1) is 55.6. The standard InChI is InChI=1S/C37H51NO10.C16H20N2O2S/c1-3-34(39)43-19-5-7-21-45-36(41)29-13-9-27(10-14-29)25-47-32-17-18-33(31(23-32)24-38)48-26-28-11-15-30(16-12-28)37(42)46-22-8-6-20-44-35(40)4-2;1-2-15(19)20-12-8-4-3-7-11-17-16-18-13-9-5-6-10-14(13)21-16/h3-4,17-18,23-24,27-30,38H,1-2,5-16,19-22,25-26H2;2,5-6,9-10H,1,3-4,7-8,11-12H2,(H,17,18). The molecule has 376 valence electrons. The number of ether oxygens (including phenoxy) is 7. The van der Waals surface area contributed by atoms with Gasteiger partial charge in [-0.05, 0) is 138 Å². The number of fused-ring (bicyclic) bond motifs is 1. The molecule has 2 aliphatic carbocycles. The summed E-state index contributed by atoms with van der Waals surface area (Å²) in [5, 5.41) is 12.2. The van der Waals surface area contributed by atoms with Gasteiger partial charge < -0.3 is 43.9 Å². The van der Waals surface area contributed by atoms with Gasteiger partial charge in [0.25, 0.3) is 0 Å². The number of esters is 5. The molecule has 2 saturated carbocycles. The van der Waals surface area contributed by atoms with Crippen LogP contribution in [0.3, 0.4) is 0 Å². The zero-order valence-corrected chi connectivity index (χ0v) is 40.8. The van der Waals surface area contributed by atoms with Gasteiger partial charge in [0, 0.05) is 36.6 Å². The number of nitrogens with one attached hydrogen (secondary N) is 2. The summed E-state index contributed by atoms with van der Waals surface area (Å²) >= 11 is 1.69. The van der Waals surface area contributed by atoms with Crippen molar-refractivity contribution in [2.75, 3.05) is 58.1 Å². The van der Waals surface area contributed by atoms with Crippen molar-refractivity contribution in [1.82, 2.24) is 4.98 Å². The molecule has 0 unspecified atom stereocenters. The molecule has 15 nitrogen and oxygen atoms in total. The Morgan fingerprint density at radius 1 is 0.609 bits per heavy atom. The highest BCUT2D eigenvalue weighted by Gasteiger charge is 2.29. The number of benzene rings is 2. The highest BCUT2D eigenvalue weighted by molar-refractivity contribution is 7.22. The molecule has 0 bridgehead atoms. The highest BCUT2D eigenvalue weighted by atomic mass is 32.1. The molecule has 0 aliphatic heterocycles. The van der Waals surface area contributed by atoms with E-state index in [0.717, 1.165) is 106 Å². The minimum Gasteiger partial charge on any atom is -0.493 e. The monoisotopic (exact) mass is 973 g/mol. The summed E-state index contributed by atoms with van der Waals surface area (Å²) in [6, 6.07) is 13.7. The topological polar surface area (TPSA) is 199 Å². The summed E-state index contributed by atoms with van der Waals surface area (Å²) in [6.45, 7) is 13.7. The number of hydrogen-bond donors (Lipinski definition) is 2. The van der Waals surface area contributed by atoms with E-state index < -0.39 is 11.9 Å². The average Bonchev–Trinajstić information content (AvgIpc) is 3.81. The van der Waals surface area contributed by atoms with Gasteiger partial charge in [-0.15, -0.1) is 0 Å². The van der Waals surface area contributed by atoms with Crippen molar-refractivity contribution in [2.24, 2.45) is 23.7 Å². The summed E-state index contributed by atoms with van der Waals surface area (Å²) in [5.74, 6) is 0.220. The second-order valence-corrected chi connectivity index (χ2v) is 18.1. The zero-order chi connectivity index (χ0) is 49.5. The number of aromatic nitrogens is 1. The molecule has 2 fully saturated rings. The molecular formula is C53H71N3O12S. The number of anilines is 1. The molecule has 0 radical (unpaired) electrons. The van der Waals surface area contributed by atoms with E-state index in [9.17, 15) is 24.0 Å². The predicted octanol–water partition coefficient (Wildman–Crippen LogP) is 10.2. The Morgan fingerprint density at radius 3 is 1.59 bits per heavy atom. The fourth-order valence-electron chi connectivity index (χ4n) is 7.82. The molecule has 16 heteroatoms. The molecule has 2 aliphatic rings. The van der Waals surface area contributed by atoms with Crippen molar-refractivity contribution in [2.45, 2.75) is 103 Å². The van der Waals surface area contributed by atoms with E-state index >= 15 is 0 Å². The number of carbonyl (C=O) groups is 5. The largest absolute Gasteiger partial charge is 0.493 e. The SMILES string of the molecule is C=CC(=O)OCCCCCCNc1nc2ccccc2s1.C=CC(=O)OCCCCOC(=O)C1CCC(COc2ccc(OCC3CCC(C(=O)OCCCCOC(=O)C=C)CC3)c(C=N)c2)CC1. The van der Waals surface area contributed by atoms with Crippen LogP contribution < -0.4 is 14.8 Å². The van der Waals surface area contributed by atoms with Gasteiger partial charge in [-0.25, -0.2) is 19.4 Å². The van der Waals surface area contributed by atoms with Crippen molar-refractivity contribution in [3.63, 3.8) is 0 Å².